The molecule has 10 rings (SSSR count). The molecule has 1 saturated heterocycles. The van der Waals surface area contributed by atoms with E-state index in [1.165, 1.54) is 45.1 Å². The quantitative estimate of drug-likeness (QED) is 0.0145. The van der Waals surface area contributed by atoms with Crippen LogP contribution in [0.25, 0.3) is 0 Å². The van der Waals surface area contributed by atoms with Crippen LogP contribution in [0.2, 0.25) is 36.3 Å². The number of aliphatic hydroxyl groups is 1. The predicted octanol–water partition coefficient (Wildman–Crippen LogP) is 15.6. The van der Waals surface area contributed by atoms with Gasteiger partial charge >= 0.3 is 57.4 Å². The van der Waals surface area contributed by atoms with Crippen LogP contribution >= 0.6 is 22.8 Å². The predicted molar refractivity (Wildman–Crippen MR) is 406 cm³/mol. The minimum atomic E-state index is -2.03. The molecule has 2 saturated carbocycles. The summed E-state index contributed by atoms with van der Waals surface area (Å²) >= 11 is 3.48. The van der Waals surface area contributed by atoms with Gasteiger partial charge in [-0.05, 0) is 207 Å². The van der Waals surface area contributed by atoms with E-state index < -0.39 is 48.1 Å². The first-order valence-electron chi connectivity index (χ1n) is 35.3. The van der Waals surface area contributed by atoms with Gasteiger partial charge in [0.25, 0.3) is 0 Å². The fourth-order valence-corrected chi connectivity index (χ4v) is 22.2. The molecule has 5 aromatic carbocycles. The molecule has 1 aliphatic heterocycles. The normalized spacial score (nSPS) is 23.0. The van der Waals surface area contributed by atoms with Crippen LogP contribution in [0.4, 0.5) is 8.78 Å². The molecule has 0 radical (unpaired) electrons. The third-order valence-electron chi connectivity index (χ3n) is 22.1. The Labute approximate surface area is 638 Å². The molecule has 15 heteroatoms. The number of aliphatic hydroxyl groups excluding tert-OH is 1. The van der Waals surface area contributed by atoms with Crippen molar-refractivity contribution >= 4 is 73.1 Å². The SMILES string of the molecule is C.C.CC(=O)O[C@H]1C[C@H](F)[C@H](CC[C@H](CCC2Cc3ccccc3C2)O[Si](C)(C)C(C)(C)C)[C@H]1C/C=C\CCCBr.CC(C)(C)[Si](C)(C)OC(CC[C@@H]1C2CC(O)OC2C[C@@H]1F)C1Cc2ccccc2C1.O=C([O-])CCC=P(c1ccccc1)(c1ccccc1)c1ccccc1.[K+]. The van der Waals surface area contributed by atoms with Crippen molar-refractivity contribution in [2.45, 2.75) is 258 Å². The number of carboxylic acid groups (broad SMARTS) is 1. The zero-order valence-electron chi connectivity index (χ0n) is 59.3. The van der Waals surface area contributed by atoms with E-state index in [4.69, 9.17) is 18.3 Å². The Balaban J connectivity index is 0.000000265. The van der Waals surface area contributed by atoms with E-state index in [1.807, 2.05) is 54.6 Å². The number of carbonyl (C=O) groups excluding carboxylic acids is 2. The van der Waals surface area contributed by atoms with Crippen LogP contribution in [0.5, 0.6) is 0 Å². The first-order chi connectivity index (χ1) is 44.7. The molecule has 8 nitrogen and oxygen atoms in total. The second-order valence-electron chi connectivity index (χ2n) is 30.7. The molecule has 0 bridgehead atoms. The second kappa shape index (κ2) is 39.3. The average Bonchev–Trinajstić information content (AvgIpc) is 1.71. The zero-order chi connectivity index (χ0) is 67.8. The molecular weight excluding hydrogens is 1360 g/mol. The third-order valence-corrected chi connectivity index (χ3v) is 35.9. The summed E-state index contributed by atoms with van der Waals surface area (Å²) in [6.45, 7) is 22.5. The van der Waals surface area contributed by atoms with Crippen LogP contribution in [0.1, 0.15) is 175 Å². The van der Waals surface area contributed by atoms with Gasteiger partial charge in [-0.2, -0.15) is 0 Å². The van der Waals surface area contributed by atoms with Crippen molar-refractivity contribution in [1.29, 1.82) is 0 Å². The van der Waals surface area contributed by atoms with Crippen LogP contribution in [-0.2, 0) is 53.6 Å². The van der Waals surface area contributed by atoms with Gasteiger partial charge in [0, 0.05) is 55.6 Å². The van der Waals surface area contributed by atoms with Crippen molar-refractivity contribution in [2.75, 3.05) is 5.33 Å². The third kappa shape index (κ3) is 23.4. The molecule has 0 aromatic heterocycles. The van der Waals surface area contributed by atoms with Crippen LogP contribution in [0.15, 0.2) is 152 Å². The Morgan fingerprint density at radius 2 is 1.10 bits per heavy atom. The summed E-state index contributed by atoms with van der Waals surface area (Å²) in [7, 11) is -3.89. The van der Waals surface area contributed by atoms with E-state index in [-0.39, 0.29) is 137 Å². The molecule has 97 heavy (non-hydrogen) atoms. The largest absolute Gasteiger partial charge is 1.00 e. The van der Waals surface area contributed by atoms with Crippen molar-refractivity contribution < 1.29 is 98.3 Å². The van der Waals surface area contributed by atoms with Crippen LogP contribution in [-0.4, -0.2) is 87.9 Å². The number of hydrogen-bond acceptors (Lipinski definition) is 8. The molecule has 530 valence electrons. The van der Waals surface area contributed by atoms with Gasteiger partial charge in [0.05, 0.1) is 6.10 Å². The molecule has 1 N–H and O–H groups in total. The number of carbonyl (C=O) groups is 2. The standard InChI is InChI=1S/C33H52BrFO3Si.C25H39FO3Si.C22H21O2P.2CH4.K/c1-24(36)37-32-23-31(35)29(30(32)15-9-7-8-12-20-34)19-18-28(38-39(5,6)33(2,3)4)17-16-25-21-26-13-10-11-14-27(26)22-25;1-25(2,3)30(4,5)29-22(18-12-16-8-6-7-9-17(16)13-18)11-10-19-20-14-24(27)28-23(20)15-21(19)26;23-22(24)17-10-18-25(19-11-4-1-5-12-19,20-13-6-2-7-14-20)21-15-8-3-9-16-21;;;/h7,9-11,13-14,25,28-32H,8,12,15-23H2,1-6H3;6-9,18-24,27H,10-15H2,1-5H3;1-9,11-16,18H,10,17H2,(H,23,24);2*1H4;/q;;;;;+1/p-1/b9-7-;;;;;/t28-,29+,30+,31-,32-;19-,20?,21+,22?,23?,24?;;;;/m01..../s1. The minimum absolute atomic E-state index is 0. The second-order valence-corrected chi connectivity index (χ2v) is 44.3. The summed E-state index contributed by atoms with van der Waals surface area (Å²) in [5, 5.41) is 25.8. The Hall–Kier alpha value is -2.67. The number of unbranched alkanes of at least 4 members (excludes halogenated alkanes) is 1. The first kappa shape index (κ1) is 85.0. The van der Waals surface area contributed by atoms with Crippen LogP contribution < -0.4 is 72.4 Å². The topological polar surface area (TPSA) is 114 Å². The minimum Gasteiger partial charge on any atom is -0.550 e. The van der Waals surface area contributed by atoms with Gasteiger partial charge in [-0.15, -0.1) is 0 Å². The number of benzene rings is 5. The van der Waals surface area contributed by atoms with Gasteiger partial charge in [0.1, 0.15) is 18.4 Å². The van der Waals surface area contributed by atoms with Gasteiger partial charge in [-0.25, -0.2) is 8.78 Å². The maximum absolute atomic E-state index is 15.5. The summed E-state index contributed by atoms with van der Waals surface area (Å²) < 4.78 is 55.5. The van der Waals surface area contributed by atoms with E-state index in [2.05, 4.69) is 187 Å². The summed E-state index contributed by atoms with van der Waals surface area (Å²) in [6, 6.07) is 48.7. The molecule has 1 heterocycles. The summed E-state index contributed by atoms with van der Waals surface area (Å²) in [5.74, 6) is 2.10. The van der Waals surface area contributed by atoms with E-state index in [9.17, 15) is 24.2 Å². The van der Waals surface area contributed by atoms with Gasteiger partial charge in [-0.3, -0.25) is 4.79 Å². The number of rotatable bonds is 26. The molecule has 0 spiro atoms. The maximum Gasteiger partial charge on any atom is 1.00 e. The van der Waals surface area contributed by atoms with Crippen LogP contribution in [0, 0.1) is 35.5 Å². The smallest absolute Gasteiger partial charge is 0.550 e. The number of alkyl halides is 3. The number of carboxylic acids is 1. The molecule has 4 aliphatic carbocycles. The fraction of sp³-hybridized carbons (Fsp3) is 0.573. The molecular formula is C82H119BrF2KO8PSi2. The van der Waals surface area contributed by atoms with E-state index >= 15 is 4.39 Å². The van der Waals surface area contributed by atoms with Crippen molar-refractivity contribution in [1.82, 2.24) is 0 Å². The van der Waals surface area contributed by atoms with E-state index in [1.54, 1.807) is 0 Å². The van der Waals surface area contributed by atoms with Crippen molar-refractivity contribution in [3.8, 4) is 0 Å². The average molecular weight is 1480 g/mol. The maximum atomic E-state index is 15.5. The molecule has 5 aliphatic rings. The first-order valence-corrected chi connectivity index (χ1v) is 44.1. The van der Waals surface area contributed by atoms with Gasteiger partial charge in [0.15, 0.2) is 22.9 Å². The summed E-state index contributed by atoms with van der Waals surface area (Å²) in [5.41, 5.74) is 5.89. The van der Waals surface area contributed by atoms with Gasteiger partial charge in [-0.1, -0.05) is 230 Å². The number of fused-ring (bicyclic) bond motifs is 3. The number of halogens is 3. The van der Waals surface area contributed by atoms with E-state index in [0.29, 0.717) is 37.5 Å². The molecule has 4 unspecified atom stereocenters. The Kier molecular flexibility index (Phi) is 34.4. The number of ether oxygens (including phenoxy) is 2. The zero-order valence-corrected chi connectivity index (χ0v) is 66.9. The van der Waals surface area contributed by atoms with Crippen molar-refractivity contribution in [2.24, 2.45) is 35.5 Å². The molecule has 3 fully saturated rings. The Morgan fingerprint density at radius 3 is 1.59 bits per heavy atom. The summed E-state index contributed by atoms with van der Waals surface area (Å²) in [6.07, 6.45) is 16.5. The van der Waals surface area contributed by atoms with Crippen molar-refractivity contribution in [3.63, 3.8) is 0 Å². The number of esters is 1. The van der Waals surface area contributed by atoms with E-state index in [0.717, 1.165) is 88.8 Å². The van der Waals surface area contributed by atoms with Gasteiger partial charge in [0.2, 0.25) is 0 Å². The van der Waals surface area contributed by atoms with Crippen molar-refractivity contribution in [3.05, 3.63) is 174 Å². The van der Waals surface area contributed by atoms with Gasteiger partial charge < -0.3 is 33.3 Å². The monoisotopic (exact) mass is 1470 g/mol. The Bertz CT molecular complexity index is 3100. The number of allylic oxidation sites excluding steroid dienone is 2. The number of aliphatic carboxylic acids is 1. The molecule has 5 aromatic rings. The fourth-order valence-electron chi connectivity index (χ4n) is 15.0. The number of hydrogen-bond donors (Lipinski definition) is 1. The Morgan fingerprint density at radius 1 is 0.639 bits per heavy atom. The molecule has 0 amide bonds. The summed E-state index contributed by atoms with van der Waals surface area (Å²) in [4.78, 5) is 22.8. The van der Waals surface area contributed by atoms with Crippen LogP contribution in [0.3, 0.4) is 0 Å². The molecule has 11 atom stereocenters.